The van der Waals surface area contributed by atoms with Crippen LogP contribution in [0.4, 0.5) is 0 Å². The Morgan fingerprint density at radius 1 is 1.40 bits per heavy atom. The van der Waals surface area contributed by atoms with E-state index in [4.69, 9.17) is 5.73 Å². The summed E-state index contributed by atoms with van der Waals surface area (Å²) < 4.78 is 0. The van der Waals surface area contributed by atoms with Gasteiger partial charge in [-0.15, -0.1) is 11.8 Å². The van der Waals surface area contributed by atoms with Gasteiger partial charge in [0.1, 0.15) is 0 Å². The Balaban J connectivity index is 1.92. The van der Waals surface area contributed by atoms with Crippen LogP contribution >= 0.6 is 0 Å². The minimum atomic E-state index is 0.252. The van der Waals surface area contributed by atoms with Crippen LogP contribution in [0.1, 0.15) is 31.2 Å². The summed E-state index contributed by atoms with van der Waals surface area (Å²) in [5.74, 6) is 7.30. The zero-order valence-corrected chi connectivity index (χ0v) is 9.11. The number of hydrogen-bond donors (Lipinski definition) is 1. The van der Waals surface area contributed by atoms with Crippen molar-refractivity contribution >= 4 is 0 Å². The first-order valence-corrected chi connectivity index (χ1v) is 5.53. The Hall–Kier alpha value is -1.26. The minimum absolute atomic E-state index is 0.252. The van der Waals surface area contributed by atoms with E-state index in [2.05, 4.69) is 42.2 Å². The minimum Gasteiger partial charge on any atom is -0.327 e. The lowest BCUT2D eigenvalue weighted by molar-refractivity contribution is 0.595. The summed E-state index contributed by atoms with van der Waals surface area (Å²) in [7, 11) is 0. The van der Waals surface area contributed by atoms with Crippen molar-refractivity contribution in [2.45, 2.75) is 31.7 Å². The number of benzene rings is 1. The topological polar surface area (TPSA) is 26.0 Å². The lowest BCUT2D eigenvalue weighted by Gasteiger charge is -2.06. The van der Waals surface area contributed by atoms with Gasteiger partial charge in [-0.2, -0.15) is 0 Å². The van der Waals surface area contributed by atoms with E-state index in [1.807, 2.05) is 6.92 Å². The van der Waals surface area contributed by atoms with E-state index < -0.39 is 0 Å². The van der Waals surface area contributed by atoms with Gasteiger partial charge in [-0.3, -0.25) is 0 Å². The average Bonchev–Trinajstić information content (AvgIpc) is 3.07. The molecule has 1 heteroatoms. The molecular formula is C14H17N. The molecule has 3 atom stereocenters. The van der Waals surface area contributed by atoms with Gasteiger partial charge >= 0.3 is 0 Å². The largest absolute Gasteiger partial charge is 0.327 e. The highest BCUT2D eigenvalue weighted by Crippen LogP contribution is 2.49. The molecule has 0 aromatic heterocycles. The van der Waals surface area contributed by atoms with E-state index in [1.165, 1.54) is 12.0 Å². The van der Waals surface area contributed by atoms with Crippen LogP contribution in [0.5, 0.6) is 0 Å². The lowest BCUT2D eigenvalue weighted by Crippen LogP contribution is -2.22. The van der Waals surface area contributed by atoms with Crippen molar-refractivity contribution in [2.75, 3.05) is 0 Å². The first-order chi connectivity index (χ1) is 7.33. The highest BCUT2D eigenvalue weighted by Gasteiger charge is 2.41. The van der Waals surface area contributed by atoms with Gasteiger partial charge in [0.2, 0.25) is 0 Å². The SMILES string of the molecule is CC#CCC(N)C1CC1c1ccccc1. The van der Waals surface area contributed by atoms with Crippen LogP contribution in [-0.4, -0.2) is 6.04 Å². The van der Waals surface area contributed by atoms with Crippen molar-refractivity contribution in [3.05, 3.63) is 35.9 Å². The molecule has 1 aliphatic rings. The van der Waals surface area contributed by atoms with Gasteiger partial charge in [-0.25, -0.2) is 0 Å². The molecule has 1 aromatic rings. The molecule has 0 heterocycles. The number of rotatable bonds is 3. The number of hydrogen-bond acceptors (Lipinski definition) is 1. The van der Waals surface area contributed by atoms with Gasteiger partial charge in [0.25, 0.3) is 0 Å². The fraction of sp³-hybridized carbons (Fsp3) is 0.429. The van der Waals surface area contributed by atoms with Crippen molar-refractivity contribution in [3.63, 3.8) is 0 Å². The molecule has 0 bridgehead atoms. The normalized spacial score (nSPS) is 25.2. The highest BCUT2D eigenvalue weighted by atomic mass is 14.7. The Morgan fingerprint density at radius 2 is 2.13 bits per heavy atom. The van der Waals surface area contributed by atoms with Crippen LogP contribution in [-0.2, 0) is 0 Å². The molecule has 1 nitrogen and oxygen atoms in total. The van der Waals surface area contributed by atoms with E-state index >= 15 is 0 Å². The van der Waals surface area contributed by atoms with E-state index in [0.29, 0.717) is 11.8 Å². The van der Waals surface area contributed by atoms with Crippen molar-refractivity contribution in [3.8, 4) is 11.8 Å². The summed E-state index contributed by atoms with van der Waals surface area (Å²) in [6, 6.07) is 10.9. The second-order valence-corrected chi connectivity index (χ2v) is 4.21. The van der Waals surface area contributed by atoms with E-state index in [0.717, 1.165) is 6.42 Å². The van der Waals surface area contributed by atoms with Crippen LogP contribution in [0.3, 0.4) is 0 Å². The zero-order chi connectivity index (χ0) is 10.7. The summed E-state index contributed by atoms with van der Waals surface area (Å²) in [5, 5.41) is 0. The maximum atomic E-state index is 6.09. The van der Waals surface area contributed by atoms with Gasteiger partial charge in [0.05, 0.1) is 0 Å². The van der Waals surface area contributed by atoms with E-state index in [9.17, 15) is 0 Å². The van der Waals surface area contributed by atoms with Gasteiger partial charge < -0.3 is 5.73 Å². The number of nitrogens with two attached hydrogens (primary N) is 1. The molecule has 2 rings (SSSR count). The summed E-state index contributed by atoms with van der Waals surface area (Å²) in [5.41, 5.74) is 7.52. The fourth-order valence-corrected chi connectivity index (χ4v) is 2.14. The van der Waals surface area contributed by atoms with Crippen molar-refractivity contribution < 1.29 is 0 Å². The zero-order valence-electron chi connectivity index (χ0n) is 9.11. The molecule has 0 spiro atoms. The Bertz CT molecular complexity index is 371. The van der Waals surface area contributed by atoms with Gasteiger partial charge in [0, 0.05) is 12.5 Å². The Labute approximate surface area is 91.7 Å². The maximum absolute atomic E-state index is 6.09. The van der Waals surface area contributed by atoms with Gasteiger partial charge in [-0.05, 0) is 30.7 Å². The predicted molar refractivity (Wildman–Crippen MR) is 63.3 cm³/mol. The van der Waals surface area contributed by atoms with Crippen LogP contribution < -0.4 is 5.73 Å². The molecule has 1 saturated carbocycles. The molecule has 3 unspecified atom stereocenters. The van der Waals surface area contributed by atoms with Gasteiger partial charge in [0.15, 0.2) is 0 Å². The van der Waals surface area contributed by atoms with Crippen molar-refractivity contribution in [1.29, 1.82) is 0 Å². The van der Waals surface area contributed by atoms with E-state index in [1.54, 1.807) is 0 Å². The summed E-state index contributed by atoms with van der Waals surface area (Å²) in [6.45, 7) is 1.87. The molecule has 2 N–H and O–H groups in total. The molecule has 1 fully saturated rings. The molecule has 0 aliphatic heterocycles. The van der Waals surface area contributed by atoms with Gasteiger partial charge in [-0.1, -0.05) is 30.3 Å². The fourth-order valence-electron chi connectivity index (χ4n) is 2.14. The van der Waals surface area contributed by atoms with Crippen LogP contribution in [0.25, 0.3) is 0 Å². The van der Waals surface area contributed by atoms with Crippen molar-refractivity contribution in [1.82, 2.24) is 0 Å². The molecule has 0 radical (unpaired) electrons. The highest BCUT2D eigenvalue weighted by molar-refractivity contribution is 5.26. The second-order valence-electron chi connectivity index (χ2n) is 4.21. The second kappa shape index (κ2) is 4.51. The summed E-state index contributed by atoms with van der Waals surface area (Å²) >= 11 is 0. The molecule has 15 heavy (non-hydrogen) atoms. The third kappa shape index (κ3) is 2.40. The molecule has 0 saturated heterocycles. The molecule has 1 aliphatic carbocycles. The van der Waals surface area contributed by atoms with Crippen LogP contribution in [0, 0.1) is 17.8 Å². The molecular weight excluding hydrogens is 182 g/mol. The monoisotopic (exact) mass is 199 g/mol. The first kappa shape index (κ1) is 10.3. The summed E-state index contributed by atoms with van der Waals surface area (Å²) in [6.07, 6.45) is 2.07. The smallest absolute Gasteiger partial charge is 0.0243 e. The summed E-state index contributed by atoms with van der Waals surface area (Å²) in [4.78, 5) is 0. The van der Waals surface area contributed by atoms with Crippen LogP contribution in [0.2, 0.25) is 0 Å². The lowest BCUT2D eigenvalue weighted by atomic mass is 10.0. The predicted octanol–water partition coefficient (Wildman–Crippen LogP) is 2.53. The molecule has 78 valence electrons. The quantitative estimate of drug-likeness (QED) is 0.744. The standard InChI is InChI=1S/C14H17N/c1-2-3-9-14(15)13-10-12(13)11-7-5-4-6-8-11/h4-8,12-14H,9-10,15H2,1H3. The Kier molecular flexibility index (Phi) is 3.08. The van der Waals surface area contributed by atoms with Crippen molar-refractivity contribution in [2.24, 2.45) is 11.7 Å². The molecule has 0 amide bonds. The average molecular weight is 199 g/mol. The van der Waals surface area contributed by atoms with Crippen LogP contribution in [0.15, 0.2) is 30.3 Å². The molecule has 1 aromatic carbocycles. The third-order valence-corrected chi connectivity index (χ3v) is 3.13. The third-order valence-electron chi connectivity index (χ3n) is 3.13. The first-order valence-electron chi connectivity index (χ1n) is 5.53. The van der Waals surface area contributed by atoms with E-state index in [-0.39, 0.29) is 6.04 Å². The Morgan fingerprint density at radius 3 is 2.80 bits per heavy atom. The maximum Gasteiger partial charge on any atom is 0.0243 e.